The third kappa shape index (κ3) is 1.57. The van der Waals surface area contributed by atoms with Gasteiger partial charge < -0.3 is 10.8 Å². The molecule has 80 valence electrons. The number of nitrogens with two attached hydrogens (primary N) is 2. The van der Waals surface area contributed by atoms with Gasteiger partial charge in [-0.1, -0.05) is 26.8 Å². The smallest absolute Gasteiger partial charge is 0.143 e. The van der Waals surface area contributed by atoms with Crippen LogP contribution < -0.4 is 11.5 Å². The first-order valence-corrected chi connectivity index (χ1v) is 5.16. The maximum Gasteiger partial charge on any atom is 0.143 e. The van der Waals surface area contributed by atoms with E-state index in [0.29, 0.717) is 12.1 Å². The molecule has 3 nitrogen and oxygen atoms in total. The van der Waals surface area contributed by atoms with E-state index >= 15 is 0 Å². The minimum absolute atomic E-state index is 0.0697. The van der Waals surface area contributed by atoms with Gasteiger partial charge in [-0.15, -0.1) is 0 Å². The van der Waals surface area contributed by atoms with E-state index in [1.54, 1.807) is 0 Å². The van der Waals surface area contributed by atoms with Gasteiger partial charge in [0, 0.05) is 11.6 Å². The third-order valence-corrected chi connectivity index (χ3v) is 3.03. The molecule has 1 aliphatic carbocycles. The Morgan fingerprint density at radius 3 is 2.43 bits per heavy atom. The summed E-state index contributed by atoms with van der Waals surface area (Å²) in [6, 6.07) is 0. The summed E-state index contributed by atoms with van der Waals surface area (Å²) >= 11 is 0. The van der Waals surface area contributed by atoms with Crippen molar-refractivity contribution < 1.29 is 5.11 Å². The van der Waals surface area contributed by atoms with E-state index in [2.05, 4.69) is 6.92 Å². The van der Waals surface area contributed by atoms with Crippen molar-refractivity contribution >= 4 is 0 Å². The Kier molecular flexibility index (Phi) is 3.02. The number of hydrogen-bond acceptors (Lipinski definition) is 3. The third-order valence-electron chi connectivity index (χ3n) is 3.03. The van der Waals surface area contributed by atoms with E-state index in [-0.39, 0.29) is 5.92 Å². The van der Waals surface area contributed by atoms with Gasteiger partial charge in [-0.2, -0.15) is 0 Å². The molecule has 0 aliphatic heterocycles. The van der Waals surface area contributed by atoms with Crippen molar-refractivity contribution in [3.8, 4) is 0 Å². The Labute approximate surface area is 85.5 Å². The summed E-state index contributed by atoms with van der Waals surface area (Å²) in [5.41, 5.74) is 13.1. The first-order valence-electron chi connectivity index (χ1n) is 5.16. The Balaban J connectivity index is 3.20. The van der Waals surface area contributed by atoms with Crippen LogP contribution in [-0.4, -0.2) is 10.8 Å². The van der Waals surface area contributed by atoms with E-state index in [9.17, 15) is 5.11 Å². The highest BCUT2D eigenvalue weighted by Gasteiger charge is 2.36. The number of aliphatic hydroxyl groups is 1. The molecule has 0 saturated carbocycles. The number of allylic oxidation sites excluding steroid dienone is 1. The van der Waals surface area contributed by atoms with Crippen molar-refractivity contribution in [2.24, 2.45) is 17.4 Å². The molecule has 5 N–H and O–H groups in total. The predicted molar refractivity (Wildman–Crippen MR) is 58.2 cm³/mol. The van der Waals surface area contributed by atoms with Crippen LogP contribution in [0.25, 0.3) is 0 Å². The quantitative estimate of drug-likeness (QED) is 0.582. The molecule has 0 aromatic carbocycles. The molecule has 2 unspecified atom stereocenters. The van der Waals surface area contributed by atoms with Gasteiger partial charge in [0.05, 0.1) is 0 Å². The highest BCUT2D eigenvalue weighted by molar-refractivity contribution is 5.41. The lowest BCUT2D eigenvalue weighted by Gasteiger charge is -2.36. The molecular weight excluding hydrogens is 176 g/mol. The van der Waals surface area contributed by atoms with Gasteiger partial charge in [-0.3, -0.25) is 5.73 Å². The highest BCUT2D eigenvalue weighted by Crippen LogP contribution is 2.34. The van der Waals surface area contributed by atoms with Gasteiger partial charge in [0.25, 0.3) is 0 Å². The fourth-order valence-electron chi connectivity index (χ4n) is 1.98. The minimum Gasteiger partial charge on any atom is -0.398 e. The van der Waals surface area contributed by atoms with Crippen molar-refractivity contribution in [2.45, 2.75) is 39.3 Å². The Morgan fingerprint density at radius 2 is 2.00 bits per heavy atom. The Morgan fingerprint density at radius 1 is 1.43 bits per heavy atom. The molecule has 14 heavy (non-hydrogen) atoms. The Bertz CT molecular complexity index is 290. The van der Waals surface area contributed by atoms with E-state index in [4.69, 9.17) is 11.5 Å². The average molecular weight is 196 g/mol. The molecule has 0 amide bonds. The molecule has 0 spiro atoms. The van der Waals surface area contributed by atoms with Crippen LogP contribution in [0, 0.1) is 5.92 Å². The van der Waals surface area contributed by atoms with Gasteiger partial charge in [0.2, 0.25) is 0 Å². The standard InChI is InChI=1S/C11H20N2O/c1-4-8-6-7(3)11(13,14)9(5-2)10(8)12/h6-7,14H,4-5,12-13H2,1-3H3. The zero-order chi connectivity index (χ0) is 10.9. The maximum atomic E-state index is 10.1. The fourth-order valence-corrected chi connectivity index (χ4v) is 1.98. The molecule has 0 saturated heterocycles. The van der Waals surface area contributed by atoms with Crippen molar-refractivity contribution in [3.05, 3.63) is 22.9 Å². The summed E-state index contributed by atoms with van der Waals surface area (Å²) in [4.78, 5) is 0. The summed E-state index contributed by atoms with van der Waals surface area (Å²) in [5.74, 6) is -0.0697. The lowest BCUT2D eigenvalue weighted by molar-refractivity contribution is 0.0427. The molecule has 0 aromatic heterocycles. The van der Waals surface area contributed by atoms with Crippen LogP contribution in [0.3, 0.4) is 0 Å². The molecule has 0 heterocycles. The zero-order valence-corrected chi connectivity index (χ0v) is 9.17. The molecule has 1 rings (SSSR count). The van der Waals surface area contributed by atoms with Gasteiger partial charge in [-0.05, 0) is 24.0 Å². The molecule has 1 aliphatic rings. The van der Waals surface area contributed by atoms with Crippen molar-refractivity contribution in [3.63, 3.8) is 0 Å². The minimum atomic E-state index is -1.27. The van der Waals surface area contributed by atoms with Crippen LogP contribution in [0.1, 0.15) is 33.6 Å². The van der Waals surface area contributed by atoms with E-state index in [0.717, 1.165) is 17.6 Å². The summed E-state index contributed by atoms with van der Waals surface area (Å²) in [5, 5.41) is 10.1. The van der Waals surface area contributed by atoms with Gasteiger partial charge in [0.15, 0.2) is 0 Å². The lowest BCUT2D eigenvalue weighted by atomic mass is 9.80. The lowest BCUT2D eigenvalue weighted by Crippen LogP contribution is -2.50. The van der Waals surface area contributed by atoms with E-state index < -0.39 is 5.72 Å². The summed E-state index contributed by atoms with van der Waals surface area (Å²) in [6.45, 7) is 5.93. The SMILES string of the molecule is CCC1=CC(C)C(N)(O)C(CC)=C1N. The van der Waals surface area contributed by atoms with Crippen LogP contribution in [0.4, 0.5) is 0 Å². The van der Waals surface area contributed by atoms with Crippen LogP contribution in [-0.2, 0) is 0 Å². The first kappa shape index (κ1) is 11.3. The summed E-state index contributed by atoms with van der Waals surface area (Å²) in [6.07, 6.45) is 3.55. The van der Waals surface area contributed by atoms with Crippen molar-refractivity contribution in [1.82, 2.24) is 0 Å². The topological polar surface area (TPSA) is 72.3 Å². The molecule has 2 atom stereocenters. The van der Waals surface area contributed by atoms with Crippen molar-refractivity contribution in [1.29, 1.82) is 0 Å². The van der Waals surface area contributed by atoms with Crippen molar-refractivity contribution in [2.75, 3.05) is 0 Å². The number of hydrogen-bond donors (Lipinski definition) is 3. The van der Waals surface area contributed by atoms with Crippen LogP contribution in [0.5, 0.6) is 0 Å². The second-order valence-corrected chi connectivity index (χ2v) is 3.91. The average Bonchev–Trinajstić information content (AvgIpc) is 2.12. The predicted octanol–water partition coefficient (Wildman–Crippen LogP) is 1.24. The number of rotatable bonds is 2. The molecule has 3 heteroatoms. The molecular formula is C11H20N2O. The second-order valence-electron chi connectivity index (χ2n) is 3.91. The molecule has 0 bridgehead atoms. The highest BCUT2D eigenvalue weighted by atomic mass is 16.3. The largest absolute Gasteiger partial charge is 0.398 e. The molecule has 0 aromatic rings. The van der Waals surface area contributed by atoms with E-state index in [1.165, 1.54) is 0 Å². The first-order chi connectivity index (χ1) is 6.45. The fraction of sp³-hybridized carbons (Fsp3) is 0.636. The monoisotopic (exact) mass is 196 g/mol. The second kappa shape index (κ2) is 3.75. The zero-order valence-electron chi connectivity index (χ0n) is 9.17. The normalized spacial score (nSPS) is 33.2. The van der Waals surface area contributed by atoms with E-state index in [1.807, 2.05) is 19.9 Å². The van der Waals surface area contributed by atoms with Gasteiger partial charge in [-0.25, -0.2) is 0 Å². The van der Waals surface area contributed by atoms with Crippen LogP contribution >= 0.6 is 0 Å². The maximum absolute atomic E-state index is 10.1. The van der Waals surface area contributed by atoms with Crippen LogP contribution in [0.15, 0.2) is 22.9 Å². The van der Waals surface area contributed by atoms with Gasteiger partial charge >= 0.3 is 0 Å². The summed E-state index contributed by atoms with van der Waals surface area (Å²) < 4.78 is 0. The molecule has 0 radical (unpaired) electrons. The summed E-state index contributed by atoms with van der Waals surface area (Å²) in [7, 11) is 0. The van der Waals surface area contributed by atoms with Crippen LogP contribution in [0.2, 0.25) is 0 Å². The van der Waals surface area contributed by atoms with Gasteiger partial charge in [0.1, 0.15) is 5.72 Å². The molecule has 0 fully saturated rings. The Hall–Kier alpha value is -0.800.